The molecule has 2 atom stereocenters. The molecule has 2 heterocycles. The number of ether oxygens (including phenoxy) is 1. The van der Waals surface area contributed by atoms with Crippen molar-refractivity contribution in [3.8, 4) is 0 Å². The summed E-state index contributed by atoms with van der Waals surface area (Å²) in [5.41, 5.74) is 0. The largest absolute Gasteiger partial charge is 0.379 e. The molecule has 8 heteroatoms. The predicted molar refractivity (Wildman–Crippen MR) is 134 cm³/mol. The maximum absolute atomic E-state index is 5.51. The number of likely N-dealkylation sites (N-methyl/N-ethyl adjacent to an activating group) is 1. The molecule has 2 aliphatic heterocycles. The molecule has 2 N–H and O–H groups in total. The van der Waals surface area contributed by atoms with Crippen LogP contribution in [0.5, 0.6) is 0 Å². The number of hydrogen-bond donors (Lipinski definition) is 2. The number of aliphatic imine (C=N–C) groups is 1. The van der Waals surface area contributed by atoms with Gasteiger partial charge in [0.25, 0.3) is 0 Å². The van der Waals surface area contributed by atoms with Crippen molar-refractivity contribution in [3.05, 3.63) is 0 Å². The van der Waals surface area contributed by atoms with Gasteiger partial charge in [-0.2, -0.15) is 0 Å². The van der Waals surface area contributed by atoms with Crippen molar-refractivity contribution in [3.63, 3.8) is 0 Å². The fourth-order valence-electron chi connectivity index (χ4n) is 4.18. The summed E-state index contributed by atoms with van der Waals surface area (Å²) < 4.78 is 5.51. The van der Waals surface area contributed by atoms with Gasteiger partial charge in [0.05, 0.1) is 13.2 Å². The molecule has 0 spiro atoms. The van der Waals surface area contributed by atoms with Gasteiger partial charge in [0.15, 0.2) is 5.96 Å². The summed E-state index contributed by atoms with van der Waals surface area (Å²) in [6.07, 6.45) is 0. The van der Waals surface area contributed by atoms with Crippen LogP contribution in [-0.4, -0.2) is 112 Å². The summed E-state index contributed by atoms with van der Waals surface area (Å²) in [7, 11) is 1.86. The molecule has 0 aliphatic carbocycles. The summed E-state index contributed by atoms with van der Waals surface area (Å²) >= 11 is 0. The first kappa shape index (κ1) is 26.9. The fourth-order valence-corrected chi connectivity index (χ4v) is 4.18. The summed E-state index contributed by atoms with van der Waals surface area (Å²) in [6.45, 7) is 22.0. The van der Waals surface area contributed by atoms with E-state index in [1.165, 1.54) is 32.7 Å². The van der Waals surface area contributed by atoms with Crippen molar-refractivity contribution in [1.29, 1.82) is 0 Å². The Kier molecular flexibility index (Phi) is 13.7. The van der Waals surface area contributed by atoms with Crippen molar-refractivity contribution in [2.45, 2.75) is 33.7 Å². The number of morpholine rings is 1. The minimum absolute atomic E-state index is 0. The van der Waals surface area contributed by atoms with Crippen LogP contribution in [0.25, 0.3) is 0 Å². The first-order chi connectivity index (χ1) is 13.5. The molecule has 7 nitrogen and oxygen atoms in total. The van der Waals surface area contributed by atoms with Crippen LogP contribution >= 0.6 is 24.0 Å². The highest BCUT2D eigenvalue weighted by Crippen LogP contribution is 2.12. The number of guanidine groups is 1. The van der Waals surface area contributed by atoms with Crippen molar-refractivity contribution in [1.82, 2.24) is 25.3 Å². The van der Waals surface area contributed by atoms with Gasteiger partial charge in [0.1, 0.15) is 0 Å². The van der Waals surface area contributed by atoms with E-state index in [9.17, 15) is 0 Å². The molecule has 0 aromatic rings. The molecular formula is C21H45IN6O. The van der Waals surface area contributed by atoms with E-state index in [0.29, 0.717) is 17.9 Å². The number of piperazine rings is 1. The van der Waals surface area contributed by atoms with Crippen LogP contribution in [0.3, 0.4) is 0 Å². The standard InChI is InChI=1S/C21H44N6O.HI/c1-6-25-7-9-26(10-8-25)17-19(4)15-23-21(22-5)24-16-20(18(2)3)27-11-13-28-14-12-27;/h18-20H,6-17H2,1-5H3,(H2,22,23,24);1H. The van der Waals surface area contributed by atoms with Crippen molar-refractivity contribution in [2.75, 3.05) is 85.7 Å². The lowest BCUT2D eigenvalue weighted by atomic mass is 10.0. The molecule has 2 aliphatic rings. The van der Waals surface area contributed by atoms with E-state index in [0.717, 1.165) is 51.9 Å². The summed E-state index contributed by atoms with van der Waals surface area (Å²) in [6, 6.07) is 0.509. The van der Waals surface area contributed by atoms with Crippen LogP contribution in [0.1, 0.15) is 27.7 Å². The molecule has 0 bridgehead atoms. The zero-order chi connectivity index (χ0) is 20.4. The van der Waals surface area contributed by atoms with Gasteiger partial charge in [-0.25, -0.2) is 0 Å². The Morgan fingerprint density at radius 3 is 2.07 bits per heavy atom. The van der Waals surface area contributed by atoms with Crippen LogP contribution in [0.4, 0.5) is 0 Å². The number of nitrogens with zero attached hydrogens (tertiary/aromatic N) is 4. The third kappa shape index (κ3) is 9.67. The maximum atomic E-state index is 5.51. The lowest BCUT2D eigenvalue weighted by Gasteiger charge is -2.37. The molecule has 29 heavy (non-hydrogen) atoms. The van der Waals surface area contributed by atoms with Gasteiger partial charge >= 0.3 is 0 Å². The van der Waals surface area contributed by atoms with E-state index in [1.807, 2.05) is 7.05 Å². The Bertz CT molecular complexity index is 450. The topological polar surface area (TPSA) is 55.4 Å². The van der Waals surface area contributed by atoms with Crippen LogP contribution in [0.2, 0.25) is 0 Å². The summed E-state index contributed by atoms with van der Waals surface area (Å²) in [5, 5.41) is 7.09. The van der Waals surface area contributed by atoms with Gasteiger partial charge in [-0.15, -0.1) is 24.0 Å². The molecule has 2 unspecified atom stereocenters. The summed E-state index contributed by atoms with van der Waals surface area (Å²) in [4.78, 5) is 12.1. The van der Waals surface area contributed by atoms with Crippen molar-refractivity contribution >= 4 is 29.9 Å². The molecule has 2 fully saturated rings. The Morgan fingerprint density at radius 2 is 1.52 bits per heavy atom. The van der Waals surface area contributed by atoms with Crippen molar-refractivity contribution in [2.24, 2.45) is 16.8 Å². The SMILES string of the molecule is CCN1CCN(CC(C)CNC(=NC)NCC(C(C)C)N2CCOCC2)CC1.I. The van der Waals surface area contributed by atoms with E-state index in [4.69, 9.17) is 4.74 Å². The molecule has 172 valence electrons. The second kappa shape index (κ2) is 14.8. The maximum Gasteiger partial charge on any atom is 0.191 e. The van der Waals surface area contributed by atoms with Gasteiger partial charge < -0.3 is 25.2 Å². The lowest BCUT2D eigenvalue weighted by molar-refractivity contribution is 0.00752. The molecule has 0 saturated carbocycles. The molecule has 0 radical (unpaired) electrons. The van der Waals surface area contributed by atoms with Gasteiger partial charge in [-0.3, -0.25) is 9.89 Å². The van der Waals surface area contributed by atoms with Crippen molar-refractivity contribution < 1.29 is 4.74 Å². The van der Waals surface area contributed by atoms with Gasteiger partial charge in [-0.1, -0.05) is 27.7 Å². The predicted octanol–water partition coefficient (Wildman–Crippen LogP) is 1.40. The third-order valence-corrected chi connectivity index (χ3v) is 6.09. The highest BCUT2D eigenvalue weighted by atomic mass is 127. The zero-order valence-corrected chi connectivity index (χ0v) is 21.7. The molecule has 2 saturated heterocycles. The molecule has 0 amide bonds. The first-order valence-corrected chi connectivity index (χ1v) is 11.2. The number of hydrogen-bond acceptors (Lipinski definition) is 5. The lowest BCUT2D eigenvalue weighted by Crippen LogP contribution is -2.53. The smallest absolute Gasteiger partial charge is 0.191 e. The van der Waals surface area contributed by atoms with Crippen LogP contribution in [0, 0.1) is 11.8 Å². The van der Waals surface area contributed by atoms with Crippen LogP contribution in [-0.2, 0) is 4.74 Å². The van der Waals surface area contributed by atoms with Gasteiger partial charge in [0, 0.05) is 72.0 Å². The normalized spacial score (nSPS) is 22.2. The number of nitrogens with one attached hydrogen (secondary N) is 2. The summed E-state index contributed by atoms with van der Waals surface area (Å²) in [5.74, 6) is 2.12. The van der Waals surface area contributed by atoms with E-state index < -0.39 is 0 Å². The first-order valence-electron chi connectivity index (χ1n) is 11.2. The van der Waals surface area contributed by atoms with E-state index >= 15 is 0 Å². The van der Waals surface area contributed by atoms with Crippen LogP contribution < -0.4 is 10.6 Å². The minimum Gasteiger partial charge on any atom is -0.379 e. The number of rotatable bonds is 9. The monoisotopic (exact) mass is 524 g/mol. The fraction of sp³-hybridized carbons (Fsp3) is 0.952. The Balaban J connectivity index is 0.00000420. The molecule has 0 aromatic heterocycles. The third-order valence-electron chi connectivity index (χ3n) is 6.09. The quantitative estimate of drug-likeness (QED) is 0.270. The molecule has 0 aromatic carbocycles. The van der Waals surface area contributed by atoms with Gasteiger partial charge in [-0.05, 0) is 18.4 Å². The van der Waals surface area contributed by atoms with E-state index in [-0.39, 0.29) is 24.0 Å². The van der Waals surface area contributed by atoms with Crippen LogP contribution in [0.15, 0.2) is 4.99 Å². The average molecular weight is 525 g/mol. The highest BCUT2D eigenvalue weighted by Gasteiger charge is 2.24. The Labute approximate surface area is 196 Å². The highest BCUT2D eigenvalue weighted by molar-refractivity contribution is 14.0. The average Bonchev–Trinajstić information content (AvgIpc) is 2.71. The number of halogens is 1. The Hall–Kier alpha value is -0.160. The second-order valence-corrected chi connectivity index (χ2v) is 8.63. The minimum atomic E-state index is 0. The molecule has 2 rings (SSSR count). The van der Waals surface area contributed by atoms with E-state index in [1.54, 1.807) is 0 Å². The second-order valence-electron chi connectivity index (χ2n) is 8.63. The zero-order valence-electron chi connectivity index (χ0n) is 19.3. The Morgan fingerprint density at radius 1 is 0.931 bits per heavy atom. The molecular weight excluding hydrogens is 479 g/mol. The van der Waals surface area contributed by atoms with E-state index in [2.05, 4.69) is 58.0 Å². The van der Waals surface area contributed by atoms with Gasteiger partial charge in [0.2, 0.25) is 0 Å².